The number of carboxylic acid groups (broad SMARTS) is 1. The van der Waals surface area contributed by atoms with Crippen molar-refractivity contribution in [2.75, 3.05) is 5.73 Å². The highest BCUT2D eigenvalue weighted by Crippen LogP contribution is 2.27. The Labute approximate surface area is 148 Å². The molecule has 1 aliphatic rings. The van der Waals surface area contributed by atoms with E-state index in [9.17, 15) is 24.3 Å². The van der Waals surface area contributed by atoms with E-state index in [4.69, 9.17) is 5.73 Å². The summed E-state index contributed by atoms with van der Waals surface area (Å²) in [4.78, 5) is 47.9. The van der Waals surface area contributed by atoms with Crippen LogP contribution in [0.4, 0.5) is 5.82 Å². The van der Waals surface area contributed by atoms with Gasteiger partial charge in [0, 0.05) is 11.6 Å². The largest absolute Gasteiger partial charge is 0.478 e. The van der Waals surface area contributed by atoms with E-state index in [-0.39, 0.29) is 34.0 Å². The Morgan fingerprint density at radius 1 is 1.15 bits per heavy atom. The molecule has 2 amide bonds. The number of aromatic amines is 1. The fourth-order valence-corrected chi connectivity index (χ4v) is 2.85. The van der Waals surface area contributed by atoms with Crippen molar-refractivity contribution >= 4 is 23.6 Å². The Hall–Kier alpha value is -4.35. The summed E-state index contributed by atoms with van der Waals surface area (Å²) in [5.41, 5.74) is 4.83. The lowest BCUT2D eigenvalue weighted by Crippen LogP contribution is -2.25. The topological polar surface area (TPSA) is 186 Å². The number of carbonyl (C=O) groups is 3. The Bertz CT molecular complexity index is 1200. The van der Waals surface area contributed by atoms with Gasteiger partial charge in [0.2, 0.25) is 5.82 Å². The van der Waals surface area contributed by atoms with Gasteiger partial charge in [-0.2, -0.15) is 5.21 Å². The minimum Gasteiger partial charge on any atom is -0.478 e. The number of fused-ring (bicyclic) bond motifs is 1. The third kappa shape index (κ3) is 2.35. The number of nitrogens with two attached hydrogens (primary N) is 1. The number of hydrogen-bond acceptors (Lipinski definition) is 8. The second kappa shape index (κ2) is 5.59. The summed E-state index contributed by atoms with van der Waals surface area (Å²) in [5.74, 6) is -3.03. The summed E-state index contributed by atoms with van der Waals surface area (Å²) >= 11 is 0. The van der Waals surface area contributed by atoms with Gasteiger partial charge in [-0.15, -0.1) is 10.2 Å². The van der Waals surface area contributed by atoms with Crippen LogP contribution in [0.15, 0.2) is 29.1 Å². The van der Waals surface area contributed by atoms with Crippen molar-refractivity contribution in [1.82, 2.24) is 30.5 Å². The monoisotopic (exact) mass is 367 g/mol. The van der Waals surface area contributed by atoms with Gasteiger partial charge >= 0.3 is 5.97 Å². The molecule has 0 fully saturated rings. The van der Waals surface area contributed by atoms with Crippen LogP contribution in [0.2, 0.25) is 0 Å². The van der Waals surface area contributed by atoms with Crippen molar-refractivity contribution in [1.29, 1.82) is 0 Å². The zero-order valence-electron chi connectivity index (χ0n) is 13.3. The number of nitrogens with one attached hydrogen (secondary N) is 2. The zero-order chi connectivity index (χ0) is 19.3. The van der Waals surface area contributed by atoms with Crippen molar-refractivity contribution in [3.8, 4) is 17.1 Å². The third-order valence-corrected chi connectivity index (χ3v) is 4.03. The molecule has 0 saturated carbocycles. The summed E-state index contributed by atoms with van der Waals surface area (Å²) in [6.07, 6.45) is 0. The van der Waals surface area contributed by atoms with E-state index in [2.05, 4.69) is 20.6 Å². The number of nitrogen functional groups attached to an aromatic ring is 1. The number of tetrazole rings is 1. The predicted octanol–water partition coefficient (Wildman–Crippen LogP) is -0.818. The van der Waals surface area contributed by atoms with Gasteiger partial charge in [0.05, 0.1) is 22.4 Å². The number of imide groups is 1. The molecule has 0 spiro atoms. The highest BCUT2D eigenvalue weighted by molar-refractivity contribution is 6.23. The predicted molar refractivity (Wildman–Crippen MR) is 88.4 cm³/mol. The van der Waals surface area contributed by atoms with Gasteiger partial charge in [-0.3, -0.25) is 24.3 Å². The zero-order valence-corrected chi connectivity index (χ0v) is 13.3. The number of anilines is 1. The molecule has 0 saturated heterocycles. The fourth-order valence-electron chi connectivity index (χ4n) is 2.85. The summed E-state index contributed by atoms with van der Waals surface area (Å²) in [6, 6.07) is 4.93. The molecule has 1 aromatic carbocycles. The van der Waals surface area contributed by atoms with Crippen LogP contribution >= 0.6 is 0 Å². The van der Waals surface area contributed by atoms with Crippen LogP contribution in [0, 0.1) is 0 Å². The quantitative estimate of drug-likeness (QED) is 0.429. The molecule has 2 aromatic heterocycles. The average Bonchev–Trinajstić information content (AvgIpc) is 3.23. The van der Waals surface area contributed by atoms with E-state index in [1.165, 1.54) is 18.2 Å². The Morgan fingerprint density at radius 2 is 1.93 bits per heavy atom. The lowest BCUT2D eigenvalue weighted by atomic mass is 10.1. The number of amides is 2. The van der Waals surface area contributed by atoms with Gasteiger partial charge in [0.25, 0.3) is 17.4 Å². The van der Waals surface area contributed by atoms with E-state index in [0.717, 1.165) is 10.6 Å². The molecule has 27 heavy (non-hydrogen) atoms. The minimum absolute atomic E-state index is 0.109. The van der Waals surface area contributed by atoms with E-state index in [1.54, 1.807) is 0 Å². The van der Waals surface area contributed by atoms with Gasteiger partial charge < -0.3 is 10.8 Å². The number of hydrogen-bond donors (Lipinski definition) is 4. The molecule has 12 nitrogen and oxygen atoms in total. The average molecular weight is 367 g/mol. The van der Waals surface area contributed by atoms with Crippen LogP contribution in [-0.2, 0) is 0 Å². The molecule has 1 aliphatic heterocycles. The van der Waals surface area contributed by atoms with Gasteiger partial charge in [-0.25, -0.2) is 4.79 Å². The number of aromatic carboxylic acids is 1. The van der Waals surface area contributed by atoms with Gasteiger partial charge in [-0.1, -0.05) is 6.07 Å². The van der Waals surface area contributed by atoms with Crippen LogP contribution in [0.25, 0.3) is 17.1 Å². The number of benzene rings is 1. The number of pyridine rings is 1. The molecule has 134 valence electrons. The van der Waals surface area contributed by atoms with Crippen molar-refractivity contribution in [2.24, 2.45) is 0 Å². The van der Waals surface area contributed by atoms with E-state index >= 15 is 0 Å². The maximum atomic E-state index is 12.6. The van der Waals surface area contributed by atoms with Crippen LogP contribution in [0.5, 0.6) is 0 Å². The lowest BCUT2D eigenvalue weighted by molar-refractivity contribution is 0.0696. The summed E-state index contributed by atoms with van der Waals surface area (Å²) in [5, 5.41) is 24.8. The molecule has 3 aromatic rings. The molecule has 0 radical (unpaired) electrons. The summed E-state index contributed by atoms with van der Waals surface area (Å²) in [6.45, 7) is 0. The smallest absolute Gasteiger partial charge is 0.337 e. The molecule has 0 unspecified atom stereocenters. The molecule has 5 N–H and O–H groups in total. The molecular formula is C15H9N7O5. The van der Waals surface area contributed by atoms with Gasteiger partial charge in [-0.05, 0) is 17.3 Å². The number of aromatic nitrogens is 5. The number of nitrogens with zero attached hydrogens (tertiary/aromatic N) is 4. The normalized spacial score (nSPS) is 12.7. The van der Waals surface area contributed by atoms with E-state index < -0.39 is 23.3 Å². The molecule has 0 atom stereocenters. The van der Waals surface area contributed by atoms with Crippen LogP contribution in [0.3, 0.4) is 0 Å². The molecule has 3 heterocycles. The van der Waals surface area contributed by atoms with E-state index in [1.807, 2.05) is 5.32 Å². The highest BCUT2D eigenvalue weighted by atomic mass is 16.4. The third-order valence-electron chi connectivity index (χ3n) is 4.03. The van der Waals surface area contributed by atoms with Crippen LogP contribution in [-0.4, -0.2) is 48.1 Å². The molecule has 4 rings (SSSR count). The van der Waals surface area contributed by atoms with Crippen molar-refractivity contribution in [3.63, 3.8) is 0 Å². The highest BCUT2D eigenvalue weighted by Gasteiger charge is 2.32. The summed E-state index contributed by atoms with van der Waals surface area (Å²) < 4.78 is 0.851. The maximum Gasteiger partial charge on any atom is 0.337 e. The van der Waals surface area contributed by atoms with Gasteiger partial charge in [0.15, 0.2) is 0 Å². The molecular weight excluding hydrogens is 358 g/mol. The standard InChI is InChI=1S/C15H9N7O5/c16-11-10-7(13(24)17-14(10)25)4-9(23)22(11)8-3-5(12-18-20-21-19-12)1-2-6(8)15(26)27/h1-4H,16H2,(H,26,27)(H,17,24,25)(H,18,19,20,21). The van der Waals surface area contributed by atoms with Crippen molar-refractivity contribution < 1.29 is 19.5 Å². The van der Waals surface area contributed by atoms with Crippen LogP contribution in [0.1, 0.15) is 31.1 Å². The van der Waals surface area contributed by atoms with Crippen molar-refractivity contribution in [3.05, 3.63) is 51.3 Å². The first kappa shape index (κ1) is 16.1. The number of rotatable bonds is 3. The summed E-state index contributed by atoms with van der Waals surface area (Å²) in [7, 11) is 0. The SMILES string of the molecule is Nc1c2c(cc(=O)n1-c1cc(-c3nn[nH]n3)ccc1C(=O)O)C(=O)NC2=O. The fraction of sp³-hybridized carbons (Fsp3) is 0. The van der Waals surface area contributed by atoms with Crippen molar-refractivity contribution in [2.45, 2.75) is 0 Å². The number of carbonyl (C=O) groups excluding carboxylic acids is 2. The molecule has 12 heteroatoms. The van der Waals surface area contributed by atoms with Crippen LogP contribution < -0.4 is 16.6 Å². The lowest BCUT2D eigenvalue weighted by Gasteiger charge is -2.14. The Balaban J connectivity index is 2.04. The number of H-pyrrole nitrogens is 1. The maximum absolute atomic E-state index is 12.6. The molecule has 0 bridgehead atoms. The Morgan fingerprint density at radius 3 is 2.59 bits per heavy atom. The second-order valence-electron chi connectivity index (χ2n) is 5.55. The van der Waals surface area contributed by atoms with E-state index in [0.29, 0.717) is 5.56 Å². The van der Waals surface area contributed by atoms with Gasteiger partial charge in [0.1, 0.15) is 5.82 Å². The molecule has 0 aliphatic carbocycles. The minimum atomic E-state index is -1.32. The Kier molecular flexibility index (Phi) is 3.34. The number of carboxylic acids is 1. The second-order valence-corrected chi connectivity index (χ2v) is 5.55. The first-order valence-electron chi connectivity index (χ1n) is 7.41. The first-order chi connectivity index (χ1) is 12.9. The first-order valence-corrected chi connectivity index (χ1v) is 7.41.